The molecule has 124 valence electrons. The maximum absolute atomic E-state index is 11.8. The molecule has 1 fully saturated rings. The molecule has 1 saturated carbocycles. The fourth-order valence-corrected chi connectivity index (χ4v) is 5.10. The summed E-state index contributed by atoms with van der Waals surface area (Å²) in [7, 11) is 4.21. The summed E-state index contributed by atoms with van der Waals surface area (Å²) >= 11 is 1.70. The van der Waals surface area contributed by atoms with Crippen molar-refractivity contribution in [1.82, 2.24) is 4.90 Å². The second-order valence-electron chi connectivity index (χ2n) is 7.08. The number of aliphatic hydroxyl groups is 1. The molecule has 2 aromatic rings. The molecular formula is C20H27NOS. The number of hydrogen-bond donors (Lipinski definition) is 1. The molecule has 3 heteroatoms. The van der Waals surface area contributed by atoms with Crippen LogP contribution in [0, 0.1) is 11.8 Å². The summed E-state index contributed by atoms with van der Waals surface area (Å²) in [6, 6.07) is 14.8. The summed E-state index contributed by atoms with van der Waals surface area (Å²) in [5.74, 6) is 0.598. The summed E-state index contributed by atoms with van der Waals surface area (Å²) in [5.41, 5.74) is 0.630. The third-order valence-corrected chi connectivity index (χ3v) is 6.19. The minimum absolute atomic E-state index is 0.294. The Morgan fingerprint density at radius 2 is 1.83 bits per heavy atom. The number of benzene rings is 1. The molecule has 23 heavy (non-hydrogen) atoms. The van der Waals surface area contributed by atoms with Crippen molar-refractivity contribution in [2.24, 2.45) is 11.8 Å². The Kier molecular flexibility index (Phi) is 5.20. The molecule has 3 rings (SSSR count). The molecule has 0 bridgehead atoms. The van der Waals surface area contributed by atoms with Crippen molar-refractivity contribution in [2.75, 3.05) is 20.6 Å². The van der Waals surface area contributed by atoms with Gasteiger partial charge in [-0.2, -0.15) is 0 Å². The zero-order valence-electron chi connectivity index (χ0n) is 14.1. The number of thiophene rings is 1. The fourth-order valence-electron chi connectivity index (χ4n) is 4.12. The summed E-state index contributed by atoms with van der Waals surface area (Å²) in [6.45, 7) is 0.944. The normalized spacial score (nSPS) is 28.2. The molecule has 0 spiro atoms. The quantitative estimate of drug-likeness (QED) is 0.890. The van der Waals surface area contributed by atoms with Crippen LogP contribution in [0.2, 0.25) is 0 Å². The lowest BCUT2D eigenvalue weighted by atomic mass is 9.65. The summed E-state index contributed by atoms with van der Waals surface area (Å²) in [5, 5.41) is 13.9. The second-order valence-corrected chi connectivity index (χ2v) is 8.03. The first-order valence-corrected chi connectivity index (χ1v) is 9.43. The van der Waals surface area contributed by atoms with Gasteiger partial charge in [0.05, 0.1) is 0 Å². The smallest absolute Gasteiger partial charge is 0.106 e. The molecule has 3 unspecified atom stereocenters. The first-order valence-electron chi connectivity index (χ1n) is 8.55. The average molecular weight is 330 g/mol. The first kappa shape index (κ1) is 16.7. The minimum atomic E-state index is -0.702. The molecule has 1 aromatic carbocycles. The van der Waals surface area contributed by atoms with Gasteiger partial charge >= 0.3 is 0 Å². The van der Waals surface area contributed by atoms with Gasteiger partial charge in [-0.05, 0) is 56.3 Å². The van der Waals surface area contributed by atoms with Crippen LogP contribution in [0.5, 0.6) is 0 Å². The second kappa shape index (κ2) is 7.16. The van der Waals surface area contributed by atoms with E-state index in [1.165, 1.54) is 12.0 Å². The number of rotatable bonds is 5. The van der Waals surface area contributed by atoms with Gasteiger partial charge in [-0.15, -0.1) is 11.3 Å². The van der Waals surface area contributed by atoms with Gasteiger partial charge in [0.2, 0.25) is 0 Å². The number of hydrogen-bond acceptors (Lipinski definition) is 3. The van der Waals surface area contributed by atoms with Crippen molar-refractivity contribution in [1.29, 1.82) is 0 Å². The van der Waals surface area contributed by atoms with Crippen molar-refractivity contribution in [2.45, 2.75) is 31.3 Å². The zero-order valence-corrected chi connectivity index (χ0v) is 14.9. The van der Waals surface area contributed by atoms with Gasteiger partial charge in [-0.3, -0.25) is 0 Å². The standard InChI is InChI=1S/C20H27NOS/c1-21(2)15-18-11-6-10-17(14-16-8-4-3-5-9-16)20(18,22)19-12-7-13-23-19/h3-5,7-9,12-13,17-18,22H,6,10-11,14-15H2,1-2H3. The highest BCUT2D eigenvalue weighted by molar-refractivity contribution is 7.10. The van der Waals surface area contributed by atoms with E-state index in [1.54, 1.807) is 11.3 Å². The van der Waals surface area contributed by atoms with Crippen LogP contribution >= 0.6 is 11.3 Å². The minimum Gasteiger partial charge on any atom is -0.384 e. The fraction of sp³-hybridized carbons (Fsp3) is 0.500. The lowest BCUT2D eigenvalue weighted by Gasteiger charge is -2.46. The van der Waals surface area contributed by atoms with Crippen LogP contribution in [0.15, 0.2) is 47.8 Å². The molecule has 0 aliphatic heterocycles. The molecule has 1 N–H and O–H groups in total. The molecule has 2 nitrogen and oxygen atoms in total. The van der Waals surface area contributed by atoms with Crippen molar-refractivity contribution >= 4 is 11.3 Å². The highest BCUT2D eigenvalue weighted by atomic mass is 32.1. The lowest BCUT2D eigenvalue weighted by molar-refractivity contribution is -0.105. The first-order chi connectivity index (χ1) is 11.1. The van der Waals surface area contributed by atoms with E-state index >= 15 is 0 Å². The van der Waals surface area contributed by atoms with Gasteiger partial charge in [0, 0.05) is 17.3 Å². The predicted octanol–water partition coefficient (Wildman–Crippen LogP) is 4.16. The number of nitrogens with zero attached hydrogens (tertiary/aromatic N) is 1. The van der Waals surface area contributed by atoms with Crippen LogP contribution in [0.4, 0.5) is 0 Å². The molecule has 0 amide bonds. The van der Waals surface area contributed by atoms with Crippen LogP contribution in [0.1, 0.15) is 29.7 Å². The van der Waals surface area contributed by atoms with Gasteiger partial charge in [0.1, 0.15) is 5.60 Å². The zero-order chi connectivity index (χ0) is 16.3. The Morgan fingerprint density at radius 3 is 2.48 bits per heavy atom. The molecule has 0 radical (unpaired) electrons. The van der Waals surface area contributed by atoms with Gasteiger partial charge in [0.15, 0.2) is 0 Å². The summed E-state index contributed by atoms with van der Waals surface area (Å²) in [6.07, 6.45) is 4.38. The third kappa shape index (κ3) is 3.52. The largest absolute Gasteiger partial charge is 0.384 e. The predicted molar refractivity (Wildman–Crippen MR) is 97.7 cm³/mol. The topological polar surface area (TPSA) is 23.5 Å². The van der Waals surface area contributed by atoms with Crippen LogP contribution in [-0.2, 0) is 12.0 Å². The Morgan fingerprint density at radius 1 is 1.09 bits per heavy atom. The molecule has 1 aromatic heterocycles. The molecule has 1 heterocycles. The van der Waals surface area contributed by atoms with E-state index in [9.17, 15) is 5.11 Å². The Hall–Kier alpha value is -1.16. The molecule has 1 aliphatic carbocycles. The Labute approximate surface area is 143 Å². The molecule has 1 aliphatic rings. The maximum Gasteiger partial charge on any atom is 0.106 e. The highest BCUT2D eigenvalue weighted by Crippen LogP contribution is 2.48. The monoisotopic (exact) mass is 329 g/mol. The van der Waals surface area contributed by atoms with Crippen LogP contribution in [0.25, 0.3) is 0 Å². The maximum atomic E-state index is 11.8. The van der Waals surface area contributed by atoms with Crippen molar-refractivity contribution in [3.8, 4) is 0 Å². The van der Waals surface area contributed by atoms with E-state index in [1.807, 2.05) is 0 Å². The highest BCUT2D eigenvalue weighted by Gasteiger charge is 2.48. The van der Waals surface area contributed by atoms with Gasteiger partial charge in [-0.25, -0.2) is 0 Å². The van der Waals surface area contributed by atoms with Crippen molar-refractivity contribution in [3.63, 3.8) is 0 Å². The van der Waals surface area contributed by atoms with E-state index in [0.29, 0.717) is 11.8 Å². The summed E-state index contributed by atoms with van der Waals surface area (Å²) < 4.78 is 0. The third-order valence-electron chi connectivity index (χ3n) is 5.18. The van der Waals surface area contributed by atoms with E-state index in [2.05, 4.69) is 66.8 Å². The van der Waals surface area contributed by atoms with Crippen molar-refractivity contribution in [3.05, 3.63) is 58.3 Å². The van der Waals surface area contributed by atoms with Gasteiger partial charge < -0.3 is 10.0 Å². The molecular weight excluding hydrogens is 302 g/mol. The van der Waals surface area contributed by atoms with Crippen LogP contribution in [-0.4, -0.2) is 30.6 Å². The van der Waals surface area contributed by atoms with Crippen LogP contribution in [0.3, 0.4) is 0 Å². The Bertz CT molecular complexity index is 595. The average Bonchev–Trinajstić information content (AvgIpc) is 3.07. The van der Waals surface area contributed by atoms with Crippen molar-refractivity contribution < 1.29 is 5.11 Å². The van der Waals surface area contributed by atoms with E-state index in [0.717, 1.165) is 30.7 Å². The molecule has 0 saturated heterocycles. The summed E-state index contributed by atoms with van der Waals surface area (Å²) in [4.78, 5) is 3.36. The Balaban J connectivity index is 1.92. The van der Waals surface area contributed by atoms with Gasteiger partial charge in [-0.1, -0.05) is 42.8 Å². The van der Waals surface area contributed by atoms with E-state index < -0.39 is 5.60 Å². The van der Waals surface area contributed by atoms with Gasteiger partial charge in [0.25, 0.3) is 0 Å². The lowest BCUT2D eigenvalue weighted by Crippen LogP contribution is -2.49. The van der Waals surface area contributed by atoms with E-state index in [4.69, 9.17) is 0 Å². The van der Waals surface area contributed by atoms with Crippen LogP contribution < -0.4 is 0 Å². The molecule has 3 atom stereocenters. The SMILES string of the molecule is CN(C)CC1CCCC(Cc2ccccc2)C1(O)c1cccs1. The van der Waals surface area contributed by atoms with E-state index in [-0.39, 0.29) is 0 Å².